The Bertz CT molecular complexity index is 195. The Balaban J connectivity index is 3.94. The molecule has 0 fully saturated rings. The summed E-state index contributed by atoms with van der Waals surface area (Å²) in [5, 5.41) is 2.84. The molecule has 82 valence electrons. The monoisotopic (exact) mass is 198 g/mol. The number of amides is 1. The molecule has 0 atom stereocenters. The molecule has 3 heteroatoms. The molecule has 0 aliphatic heterocycles. The minimum Gasteiger partial charge on any atom is -0.354 e. The number of nitrogens with one attached hydrogen (secondary N) is 1. The van der Waals surface area contributed by atoms with Crippen molar-refractivity contribution < 1.29 is 4.79 Å². The average Bonchev–Trinajstić information content (AvgIpc) is 2.22. The summed E-state index contributed by atoms with van der Waals surface area (Å²) in [6, 6.07) is 0. The number of carbonyl (C=O) groups excluding carboxylic acids is 1. The first-order valence-electron chi connectivity index (χ1n) is 5.29. The van der Waals surface area contributed by atoms with Crippen molar-refractivity contribution in [3.05, 3.63) is 12.2 Å². The molecule has 0 aromatic heterocycles. The van der Waals surface area contributed by atoms with Crippen molar-refractivity contribution in [2.24, 2.45) is 5.73 Å². The molecule has 0 aromatic rings. The third-order valence-electron chi connectivity index (χ3n) is 2.55. The van der Waals surface area contributed by atoms with Crippen molar-refractivity contribution in [3.8, 4) is 0 Å². The molecule has 0 spiro atoms. The van der Waals surface area contributed by atoms with E-state index in [4.69, 9.17) is 5.73 Å². The third-order valence-corrected chi connectivity index (χ3v) is 2.55. The highest BCUT2D eigenvalue weighted by Gasteiger charge is 2.28. The van der Waals surface area contributed by atoms with Gasteiger partial charge in [-0.2, -0.15) is 0 Å². The van der Waals surface area contributed by atoms with Crippen molar-refractivity contribution in [2.75, 3.05) is 6.54 Å². The molecule has 14 heavy (non-hydrogen) atoms. The van der Waals surface area contributed by atoms with Gasteiger partial charge in [0.25, 0.3) is 0 Å². The fourth-order valence-corrected chi connectivity index (χ4v) is 1.18. The minimum atomic E-state index is -0.685. The lowest BCUT2D eigenvalue weighted by Crippen LogP contribution is -2.53. The van der Waals surface area contributed by atoms with Gasteiger partial charge in [-0.05, 0) is 26.2 Å². The van der Waals surface area contributed by atoms with E-state index >= 15 is 0 Å². The topological polar surface area (TPSA) is 55.1 Å². The molecular weight excluding hydrogens is 176 g/mol. The highest BCUT2D eigenvalue weighted by atomic mass is 16.2. The predicted molar refractivity (Wildman–Crippen MR) is 59.9 cm³/mol. The Kier molecular flexibility index (Phi) is 6.21. The maximum Gasteiger partial charge on any atom is 0.240 e. The van der Waals surface area contributed by atoms with E-state index in [1.165, 1.54) is 0 Å². The zero-order valence-corrected chi connectivity index (χ0v) is 9.47. The van der Waals surface area contributed by atoms with Crippen molar-refractivity contribution in [1.82, 2.24) is 5.32 Å². The van der Waals surface area contributed by atoms with Gasteiger partial charge in [0.15, 0.2) is 0 Å². The van der Waals surface area contributed by atoms with Crippen LogP contribution in [0.1, 0.15) is 40.0 Å². The first-order valence-corrected chi connectivity index (χ1v) is 5.29. The van der Waals surface area contributed by atoms with Gasteiger partial charge in [0.05, 0.1) is 5.54 Å². The highest BCUT2D eigenvalue weighted by Crippen LogP contribution is 2.10. The smallest absolute Gasteiger partial charge is 0.240 e. The van der Waals surface area contributed by atoms with E-state index in [9.17, 15) is 4.79 Å². The molecule has 1 amide bonds. The molecule has 0 saturated heterocycles. The van der Waals surface area contributed by atoms with Crippen molar-refractivity contribution in [2.45, 2.75) is 45.6 Å². The molecule has 3 N–H and O–H groups in total. The van der Waals surface area contributed by atoms with Gasteiger partial charge < -0.3 is 11.1 Å². The van der Waals surface area contributed by atoms with E-state index < -0.39 is 5.54 Å². The zero-order valence-electron chi connectivity index (χ0n) is 9.47. The maximum absolute atomic E-state index is 11.6. The van der Waals surface area contributed by atoms with Crippen LogP contribution in [0.15, 0.2) is 12.2 Å². The first-order chi connectivity index (χ1) is 6.60. The lowest BCUT2D eigenvalue weighted by Gasteiger charge is -2.24. The summed E-state index contributed by atoms with van der Waals surface area (Å²) in [6.45, 7) is 6.51. The predicted octanol–water partition coefficient (Wildman–Crippen LogP) is 1.59. The fourth-order valence-electron chi connectivity index (χ4n) is 1.18. The van der Waals surface area contributed by atoms with Crippen LogP contribution in [0.2, 0.25) is 0 Å². The fraction of sp³-hybridized carbons (Fsp3) is 0.727. The summed E-state index contributed by atoms with van der Waals surface area (Å²) in [6.07, 6.45) is 6.22. The Morgan fingerprint density at radius 1 is 1.43 bits per heavy atom. The van der Waals surface area contributed by atoms with E-state index in [-0.39, 0.29) is 5.91 Å². The Morgan fingerprint density at radius 3 is 2.43 bits per heavy atom. The van der Waals surface area contributed by atoms with Crippen LogP contribution >= 0.6 is 0 Å². The molecule has 0 unspecified atom stereocenters. The Hall–Kier alpha value is -0.830. The summed E-state index contributed by atoms with van der Waals surface area (Å²) in [5.41, 5.74) is 5.24. The van der Waals surface area contributed by atoms with Gasteiger partial charge in [-0.25, -0.2) is 0 Å². The van der Waals surface area contributed by atoms with Gasteiger partial charge in [0.1, 0.15) is 0 Å². The normalized spacial score (nSPS) is 12.0. The second kappa shape index (κ2) is 6.60. The SMILES string of the molecule is C/C=C/CCNC(=O)C(N)(CC)CC. The van der Waals surface area contributed by atoms with Gasteiger partial charge in [0.2, 0.25) is 5.91 Å². The van der Waals surface area contributed by atoms with E-state index in [2.05, 4.69) is 5.32 Å². The molecule has 0 aliphatic carbocycles. The second-order valence-corrected chi connectivity index (χ2v) is 3.48. The zero-order chi connectivity index (χ0) is 11.0. The van der Waals surface area contributed by atoms with Crippen molar-refractivity contribution in [3.63, 3.8) is 0 Å². The number of hydrogen-bond donors (Lipinski definition) is 2. The van der Waals surface area contributed by atoms with Crippen LogP contribution in [0.5, 0.6) is 0 Å². The highest BCUT2D eigenvalue weighted by molar-refractivity contribution is 5.85. The number of rotatable bonds is 6. The van der Waals surface area contributed by atoms with Gasteiger partial charge in [-0.3, -0.25) is 4.79 Å². The van der Waals surface area contributed by atoms with Crippen LogP contribution in [0.25, 0.3) is 0 Å². The van der Waals surface area contributed by atoms with Crippen molar-refractivity contribution in [1.29, 1.82) is 0 Å². The maximum atomic E-state index is 11.6. The summed E-state index contributed by atoms with van der Waals surface area (Å²) in [4.78, 5) is 11.6. The van der Waals surface area contributed by atoms with Crippen LogP contribution in [0.3, 0.4) is 0 Å². The van der Waals surface area contributed by atoms with Gasteiger partial charge in [-0.1, -0.05) is 26.0 Å². The molecule has 0 aliphatic rings. The van der Waals surface area contributed by atoms with Crippen LogP contribution in [-0.2, 0) is 4.79 Å². The molecule has 0 radical (unpaired) electrons. The lowest BCUT2D eigenvalue weighted by atomic mass is 9.93. The number of allylic oxidation sites excluding steroid dienone is 1. The number of hydrogen-bond acceptors (Lipinski definition) is 2. The van der Waals surface area contributed by atoms with E-state index in [0.29, 0.717) is 19.4 Å². The molecular formula is C11H22N2O. The molecule has 0 heterocycles. The number of carbonyl (C=O) groups is 1. The van der Waals surface area contributed by atoms with Gasteiger partial charge in [0, 0.05) is 6.54 Å². The van der Waals surface area contributed by atoms with Gasteiger partial charge >= 0.3 is 0 Å². The molecule has 0 rings (SSSR count). The van der Waals surface area contributed by atoms with Gasteiger partial charge in [-0.15, -0.1) is 0 Å². The Labute approximate surface area is 86.8 Å². The lowest BCUT2D eigenvalue weighted by molar-refractivity contribution is -0.126. The summed E-state index contributed by atoms with van der Waals surface area (Å²) >= 11 is 0. The Morgan fingerprint density at radius 2 is 2.00 bits per heavy atom. The molecule has 0 saturated carbocycles. The largest absolute Gasteiger partial charge is 0.354 e. The van der Waals surface area contributed by atoms with E-state index in [0.717, 1.165) is 6.42 Å². The van der Waals surface area contributed by atoms with Crippen molar-refractivity contribution >= 4 is 5.91 Å². The van der Waals surface area contributed by atoms with Crippen LogP contribution < -0.4 is 11.1 Å². The quantitative estimate of drug-likeness (QED) is 0.503. The minimum absolute atomic E-state index is 0.0352. The molecule has 3 nitrogen and oxygen atoms in total. The third kappa shape index (κ3) is 3.92. The van der Waals surface area contributed by atoms with Crippen LogP contribution in [0.4, 0.5) is 0 Å². The van der Waals surface area contributed by atoms with E-state index in [1.807, 2.05) is 32.9 Å². The molecule has 0 bridgehead atoms. The summed E-state index contributed by atoms with van der Waals surface area (Å²) < 4.78 is 0. The summed E-state index contributed by atoms with van der Waals surface area (Å²) in [7, 11) is 0. The van der Waals surface area contributed by atoms with Crippen LogP contribution in [0, 0.1) is 0 Å². The second-order valence-electron chi connectivity index (χ2n) is 3.48. The first kappa shape index (κ1) is 13.2. The molecule has 0 aromatic carbocycles. The van der Waals surface area contributed by atoms with Crippen LogP contribution in [-0.4, -0.2) is 18.0 Å². The van der Waals surface area contributed by atoms with E-state index in [1.54, 1.807) is 0 Å². The number of nitrogens with two attached hydrogens (primary N) is 1. The standard InChI is InChI=1S/C11H22N2O/c1-4-7-8-9-13-10(14)11(12,5-2)6-3/h4,7H,5-6,8-9,12H2,1-3H3,(H,13,14)/b7-4+. The summed E-state index contributed by atoms with van der Waals surface area (Å²) in [5.74, 6) is -0.0352. The average molecular weight is 198 g/mol.